The maximum absolute atomic E-state index is 12.5. The standard InChI is InChI=1S/C15H18N2O4/c1-21-14(19)10-17(9-11-5-3-2-4-6-11)15(20)12-7-13(18)16-8-12/h2-6,12H,7-10H2,1H3,(H,16,18). The Morgan fingerprint density at radius 1 is 1.33 bits per heavy atom. The average molecular weight is 290 g/mol. The third-order valence-electron chi connectivity index (χ3n) is 3.40. The molecule has 0 bridgehead atoms. The van der Waals surface area contributed by atoms with Crippen LogP contribution in [0.3, 0.4) is 0 Å². The van der Waals surface area contributed by atoms with E-state index in [0.717, 1.165) is 5.56 Å². The molecule has 1 unspecified atom stereocenters. The van der Waals surface area contributed by atoms with Gasteiger partial charge >= 0.3 is 5.97 Å². The Balaban J connectivity index is 2.09. The van der Waals surface area contributed by atoms with Crippen molar-refractivity contribution in [3.63, 3.8) is 0 Å². The summed E-state index contributed by atoms with van der Waals surface area (Å²) < 4.78 is 4.64. The van der Waals surface area contributed by atoms with E-state index in [4.69, 9.17) is 0 Å². The summed E-state index contributed by atoms with van der Waals surface area (Å²) in [5, 5.41) is 2.63. The van der Waals surface area contributed by atoms with E-state index in [0.29, 0.717) is 13.1 Å². The summed E-state index contributed by atoms with van der Waals surface area (Å²) in [6, 6.07) is 9.40. The van der Waals surface area contributed by atoms with Gasteiger partial charge in [-0.15, -0.1) is 0 Å². The first-order chi connectivity index (χ1) is 10.1. The summed E-state index contributed by atoms with van der Waals surface area (Å²) in [6.45, 7) is 0.526. The van der Waals surface area contributed by atoms with Crippen molar-refractivity contribution in [2.24, 2.45) is 5.92 Å². The topological polar surface area (TPSA) is 75.7 Å². The van der Waals surface area contributed by atoms with Gasteiger partial charge in [0.2, 0.25) is 11.8 Å². The molecule has 1 aliphatic heterocycles. The third kappa shape index (κ3) is 4.05. The second-order valence-electron chi connectivity index (χ2n) is 4.96. The molecular weight excluding hydrogens is 272 g/mol. The quantitative estimate of drug-likeness (QED) is 0.793. The van der Waals surface area contributed by atoms with Crippen LogP contribution in [0.25, 0.3) is 0 Å². The van der Waals surface area contributed by atoms with E-state index in [-0.39, 0.29) is 24.8 Å². The van der Waals surface area contributed by atoms with Crippen LogP contribution < -0.4 is 5.32 Å². The van der Waals surface area contributed by atoms with E-state index in [1.165, 1.54) is 12.0 Å². The molecule has 1 aromatic rings. The van der Waals surface area contributed by atoms with Crippen molar-refractivity contribution in [3.05, 3.63) is 35.9 Å². The van der Waals surface area contributed by atoms with Crippen molar-refractivity contribution in [2.45, 2.75) is 13.0 Å². The molecule has 0 spiro atoms. The number of hydrogen-bond acceptors (Lipinski definition) is 4. The highest BCUT2D eigenvalue weighted by molar-refractivity contribution is 5.90. The minimum atomic E-state index is -0.475. The highest BCUT2D eigenvalue weighted by Crippen LogP contribution is 2.15. The Morgan fingerprint density at radius 2 is 2.05 bits per heavy atom. The van der Waals surface area contributed by atoms with Gasteiger partial charge in [-0.3, -0.25) is 14.4 Å². The molecule has 1 aromatic carbocycles. The first-order valence-electron chi connectivity index (χ1n) is 6.76. The molecule has 2 amide bonds. The van der Waals surface area contributed by atoms with Crippen molar-refractivity contribution >= 4 is 17.8 Å². The van der Waals surface area contributed by atoms with Gasteiger partial charge in [-0.1, -0.05) is 30.3 Å². The first-order valence-corrected chi connectivity index (χ1v) is 6.76. The zero-order valence-electron chi connectivity index (χ0n) is 11.9. The number of nitrogens with zero attached hydrogens (tertiary/aromatic N) is 1. The molecule has 6 heteroatoms. The lowest BCUT2D eigenvalue weighted by atomic mass is 10.1. The highest BCUT2D eigenvalue weighted by atomic mass is 16.5. The predicted octanol–water partition coefficient (Wildman–Crippen LogP) is 0.324. The summed E-state index contributed by atoms with van der Waals surface area (Å²) in [7, 11) is 1.29. The molecule has 21 heavy (non-hydrogen) atoms. The van der Waals surface area contributed by atoms with Crippen LogP contribution in [0.4, 0.5) is 0 Å². The zero-order chi connectivity index (χ0) is 15.2. The van der Waals surface area contributed by atoms with Crippen LogP contribution in [-0.2, 0) is 25.7 Å². The molecule has 1 saturated heterocycles. The Kier molecular flexibility index (Phi) is 4.92. The van der Waals surface area contributed by atoms with Crippen LogP contribution in [-0.4, -0.2) is 42.9 Å². The maximum Gasteiger partial charge on any atom is 0.325 e. The van der Waals surface area contributed by atoms with E-state index >= 15 is 0 Å². The Bertz CT molecular complexity index is 530. The van der Waals surface area contributed by atoms with Crippen LogP contribution in [0.1, 0.15) is 12.0 Å². The molecule has 1 aliphatic rings. The van der Waals surface area contributed by atoms with Gasteiger partial charge in [0.25, 0.3) is 0 Å². The summed E-state index contributed by atoms with van der Waals surface area (Å²) in [4.78, 5) is 36.7. The van der Waals surface area contributed by atoms with Crippen molar-refractivity contribution in [2.75, 3.05) is 20.2 Å². The van der Waals surface area contributed by atoms with Crippen LogP contribution in [0.15, 0.2) is 30.3 Å². The molecule has 1 N–H and O–H groups in total. The Labute approximate surface area is 123 Å². The molecular formula is C15H18N2O4. The van der Waals surface area contributed by atoms with Gasteiger partial charge < -0.3 is 15.0 Å². The normalized spacial score (nSPS) is 17.2. The van der Waals surface area contributed by atoms with E-state index in [1.54, 1.807) is 0 Å². The number of amides is 2. The van der Waals surface area contributed by atoms with Gasteiger partial charge in [-0.2, -0.15) is 0 Å². The molecule has 6 nitrogen and oxygen atoms in total. The second-order valence-corrected chi connectivity index (χ2v) is 4.96. The fourth-order valence-electron chi connectivity index (χ4n) is 2.27. The lowest BCUT2D eigenvalue weighted by Crippen LogP contribution is -2.40. The average Bonchev–Trinajstić information content (AvgIpc) is 2.93. The largest absolute Gasteiger partial charge is 0.468 e. The minimum Gasteiger partial charge on any atom is -0.468 e. The molecule has 0 radical (unpaired) electrons. The van der Waals surface area contributed by atoms with Gasteiger partial charge in [0.05, 0.1) is 13.0 Å². The second kappa shape index (κ2) is 6.88. The van der Waals surface area contributed by atoms with Crippen molar-refractivity contribution in [3.8, 4) is 0 Å². The summed E-state index contributed by atoms with van der Waals surface area (Å²) in [5.74, 6) is -1.23. The maximum atomic E-state index is 12.5. The summed E-state index contributed by atoms with van der Waals surface area (Å²) in [5.41, 5.74) is 0.923. The summed E-state index contributed by atoms with van der Waals surface area (Å²) in [6.07, 6.45) is 0.172. The monoisotopic (exact) mass is 290 g/mol. The molecule has 1 fully saturated rings. The number of esters is 1. The van der Waals surface area contributed by atoms with E-state index in [9.17, 15) is 14.4 Å². The summed E-state index contributed by atoms with van der Waals surface area (Å²) >= 11 is 0. The Morgan fingerprint density at radius 3 is 2.62 bits per heavy atom. The highest BCUT2D eigenvalue weighted by Gasteiger charge is 2.32. The number of ether oxygens (including phenoxy) is 1. The molecule has 0 aliphatic carbocycles. The number of nitrogens with one attached hydrogen (secondary N) is 1. The van der Waals surface area contributed by atoms with Gasteiger partial charge in [0, 0.05) is 19.5 Å². The Hall–Kier alpha value is -2.37. The number of methoxy groups -OCH3 is 1. The van der Waals surface area contributed by atoms with E-state index in [1.807, 2.05) is 30.3 Å². The molecule has 1 atom stereocenters. The zero-order valence-corrected chi connectivity index (χ0v) is 11.9. The number of benzene rings is 1. The first kappa shape index (κ1) is 15.0. The molecule has 0 saturated carbocycles. The SMILES string of the molecule is COC(=O)CN(Cc1ccccc1)C(=O)C1CNC(=O)C1. The van der Waals surface area contributed by atoms with Gasteiger partial charge in [-0.05, 0) is 5.56 Å². The van der Waals surface area contributed by atoms with Gasteiger partial charge in [-0.25, -0.2) is 0 Å². The molecule has 112 valence electrons. The fraction of sp³-hybridized carbons (Fsp3) is 0.400. The predicted molar refractivity (Wildman–Crippen MR) is 75.0 cm³/mol. The van der Waals surface area contributed by atoms with Crippen LogP contribution in [0.5, 0.6) is 0 Å². The van der Waals surface area contributed by atoms with E-state index in [2.05, 4.69) is 10.1 Å². The van der Waals surface area contributed by atoms with Crippen LogP contribution in [0, 0.1) is 5.92 Å². The third-order valence-corrected chi connectivity index (χ3v) is 3.40. The molecule has 2 rings (SSSR count). The van der Waals surface area contributed by atoms with Crippen LogP contribution >= 0.6 is 0 Å². The number of carbonyl (C=O) groups is 3. The number of carbonyl (C=O) groups excluding carboxylic acids is 3. The number of rotatable bonds is 5. The van der Waals surface area contributed by atoms with Crippen molar-refractivity contribution < 1.29 is 19.1 Å². The van der Waals surface area contributed by atoms with Crippen molar-refractivity contribution in [1.82, 2.24) is 10.2 Å². The van der Waals surface area contributed by atoms with Gasteiger partial charge in [0.15, 0.2) is 0 Å². The lowest BCUT2D eigenvalue weighted by Gasteiger charge is -2.24. The molecule has 1 heterocycles. The molecule has 0 aromatic heterocycles. The van der Waals surface area contributed by atoms with Crippen LogP contribution in [0.2, 0.25) is 0 Å². The van der Waals surface area contributed by atoms with Gasteiger partial charge in [0.1, 0.15) is 6.54 Å². The smallest absolute Gasteiger partial charge is 0.325 e. The van der Waals surface area contributed by atoms with Crippen molar-refractivity contribution in [1.29, 1.82) is 0 Å². The lowest BCUT2D eigenvalue weighted by molar-refractivity contribution is -0.148. The van der Waals surface area contributed by atoms with E-state index < -0.39 is 11.9 Å². The number of hydrogen-bond donors (Lipinski definition) is 1. The minimum absolute atomic E-state index is 0.116. The fourth-order valence-corrected chi connectivity index (χ4v) is 2.27.